The zero-order valence-electron chi connectivity index (χ0n) is 15.4. The lowest BCUT2D eigenvalue weighted by atomic mass is 10.0. The van der Waals surface area contributed by atoms with Gasteiger partial charge in [0, 0.05) is 5.56 Å². The van der Waals surface area contributed by atoms with E-state index in [1.807, 2.05) is 0 Å². The highest BCUT2D eigenvalue weighted by Crippen LogP contribution is 2.44. The van der Waals surface area contributed by atoms with E-state index in [0.717, 1.165) is 0 Å². The zero-order chi connectivity index (χ0) is 20.4. The van der Waals surface area contributed by atoms with Gasteiger partial charge < -0.3 is 10.1 Å². The van der Waals surface area contributed by atoms with E-state index in [2.05, 4.69) is 21.2 Å². The molecule has 9 heteroatoms. The summed E-state index contributed by atoms with van der Waals surface area (Å²) < 4.78 is 7.08. The Bertz CT molecular complexity index is 1090. The Balaban J connectivity index is 1.94. The Labute approximate surface area is 174 Å². The van der Waals surface area contributed by atoms with Crippen molar-refractivity contribution in [2.75, 3.05) is 11.4 Å². The molecule has 146 valence electrons. The number of carbonyl (C=O) groups is 2. The van der Waals surface area contributed by atoms with Gasteiger partial charge in [-0.05, 0) is 48.8 Å². The first-order chi connectivity index (χ1) is 13.0. The molecule has 4 rings (SSSR count). The molecule has 0 bridgehead atoms. The lowest BCUT2D eigenvalue weighted by Gasteiger charge is -2.29. The second-order valence-electron chi connectivity index (χ2n) is 7.73. The van der Waals surface area contributed by atoms with Crippen LogP contribution < -0.4 is 15.8 Å². The predicted molar refractivity (Wildman–Crippen MR) is 108 cm³/mol. The van der Waals surface area contributed by atoms with Crippen LogP contribution in [-0.4, -0.2) is 28.7 Å². The number of rotatable bonds is 0. The van der Waals surface area contributed by atoms with Crippen LogP contribution in [0.3, 0.4) is 0 Å². The standard InChI is InChI=1S/C19H17BrClN3O4/c1-18(2,3)28-17(27)23-9-19(10-6-4-5-7-13(10)23)22-15(25)14-12(21)8-11(20)16(26)24(14)19/h4-8H,9H2,1-3H3,(H,22,25). The SMILES string of the molecule is CC(C)(C)OC(=O)N1CC2(NC(=O)c3c(Cl)cc(Br)c(=O)n32)c2ccccc21. The molecule has 0 fully saturated rings. The van der Waals surface area contributed by atoms with Crippen molar-refractivity contribution in [2.45, 2.75) is 32.0 Å². The van der Waals surface area contributed by atoms with Crippen LogP contribution in [0.2, 0.25) is 5.02 Å². The van der Waals surface area contributed by atoms with E-state index in [9.17, 15) is 14.4 Å². The summed E-state index contributed by atoms with van der Waals surface area (Å²) >= 11 is 9.47. The van der Waals surface area contributed by atoms with Crippen LogP contribution in [-0.2, 0) is 10.4 Å². The number of aromatic nitrogens is 1. The number of hydrogen-bond donors (Lipinski definition) is 1. The summed E-state index contributed by atoms with van der Waals surface area (Å²) in [5, 5.41) is 3.02. The molecule has 1 aromatic carbocycles. The highest BCUT2D eigenvalue weighted by atomic mass is 79.9. The average Bonchev–Trinajstić information content (AvgIpc) is 3.08. The molecule has 0 saturated carbocycles. The Morgan fingerprint density at radius 3 is 2.64 bits per heavy atom. The summed E-state index contributed by atoms with van der Waals surface area (Å²) in [7, 11) is 0. The van der Waals surface area contributed by atoms with Gasteiger partial charge in [-0.25, -0.2) is 4.79 Å². The second kappa shape index (κ2) is 6.09. The lowest BCUT2D eigenvalue weighted by Crippen LogP contribution is -2.52. The number of ether oxygens (including phenoxy) is 1. The summed E-state index contributed by atoms with van der Waals surface area (Å²) in [6.45, 7) is 5.33. The first-order valence-corrected chi connectivity index (χ1v) is 9.76. The van der Waals surface area contributed by atoms with Gasteiger partial charge in [-0.3, -0.25) is 19.1 Å². The summed E-state index contributed by atoms with van der Waals surface area (Å²) in [6.07, 6.45) is -0.561. The van der Waals surface area contributed by atoms with E-state index >= 15 is 0 Å². The molecular formula is C19H17BrClN3O4. The number of benzene rings is 1. The summed E-state index contributed by atoms with van der Waals surface area (Å²) in [6, 6.07) is 8.50. The molecule has 1 atom stereocenters. The van der Waals surface area contributed by atoms with Gasteiger partial charge in [-0.15, -0.1) is 0 Å². The predicted octanol–water partition coefficient (Wildman–Crippen LogP) is 3.46. The largest absolute Gasteiger partial charge is 0.443 e. The van der Waals surface area contributed by atoms with Gasteiger partial charge in [0.05, 0.1) is 21.7 Å². The first kappa shape index (κ1) is 19.0. The molecule has 1 N–H and O–H groups in total. The molecular weight excluding hydrogens is 450 g/mol. The van der Waals surface area contributed by atoms with Crippen molar-refractivity contribution in [1.29, 1.82) is 0 Å². The third-order valence-corrected chi connectivity index (χ3v) is 5.53. The topological polar surface area (TPSA) is 80.6 Å². The molecule has 3 heterocycles. The van der Waals surface area contributed by atoms with Crippen LogP contribution in [0, 0.1) is 0 Å². The van der Waals surface area contributed by atoms with Crippen LogP contribution >= 0.6 is 27.5 Å². The van der Waals surface area contributed by atoms with Crippen molar-refractivity contribution in [2.24, 2.45) is 0 Å². The van der Waals surface area contributed by atoms with E-state index in [1.165, 1.54) is 15.5 Å². The number of pyridine rings is 1. The molecule has 7 nitrogen and oxygen atoms in total. The minimum Gasteiger partial charge on any atom is -0.443 e. The van der Waals surface area contributed by atoms with Gasteiger partial charge in [-0.2, -0.15) is 0 Å². The number of carbonyl (C=O) groups excluding carboxylic acids is 2. The van der Waals surface area contributed by atoms with Crippen molar-refractivity contribution >= 4 is 45.2 Å². The molecule has 2 aromatic rings. The molecule has 2 aliphatic heterocycles. The molecule has 0 radical (unpaired) electrons. The number of amides is 2. The van der Waals surface area contributed by atoms with Crippen LogP contribution in [0.25, 0.3) is 0 Å². The van der Waals surface area contributed by atoms with Crippen molar-refractivity contribution in [3.63, 3.8) is 0 Å². The summed E-state index contributed by atoms with van der Waals surface area (Å²) in [5.74, 6) is -0.476. The highest BCUT2D eigenvalue weighted by molar-refractivity contribution is 9.10. The lowest BCUT2D eigenvalue weighted by molar-refractivity contribution is 0.0572. The first-order valence-electron chi connectivity index (χ1n) is 8.59. The summed E-state index contributed by atoms with van der Waals surface area (Å²) in [5.41, 5.74) is -1.13. The fourth-order valence-corrected chi connectivity index (χ4v) is 4.49. The average molecular weight is 467 g/mol. The van der Waals surface area contributed by atoms with Crippen LogP contribution in [0.1, 0.15) is 36.8 Å². The molecule has 1 spiro atoms. The van der Waals surface area contributed by atoms with Crippen LogP contribution in [0.15, 0.2) is 39.6 Å². The van der Waals surface area contributed by atoms with Crippen molar-refractivity contribution in [3.8, 4) is 0 Å². The molecule has 2 amide bonds. The summed E-state index contributed by atoms with van der Waals surface area (Å²) in [4.78, 5) is 40.0. The molecule has 2 aliphatic rings. The maximum atomic E-state index is 13.0. The highest BCUT2D eigenvalue weighted by Gasteiger charge is 2.54. The minimum absolute atomic E-state index is 0.00664. The van der Waals surface area contributed by atoms with Gasteiger partial charge in [-0.1, -0.05) is 29.8 Å². The zero-order valence-corrected chi connectivity index (χ0v) is 17.7. The molecule has 1 aromatic heterocycles. The Kier molecular flexibility index (Phi) is 4.13. The molecule has 1 unspecified atom stereocenters. The van der Waals surface area contributed by atoms with Crippen LogP contribution in [0.5, 0.6) is 0 Å². The Hall–Kier alpha value is -2.32. The van der Waals surface area contributed by atoms with Crippen LogP contribution in [0.4, 0.5) is 10.5 Å². The number of nitrogens with one attached hydrogen (secondary N) is 1. The van der Waals surface area contributed by atoms with E-state index < -0.39 is 28.8 Å². The van der Waals surface area contributed by atoms with Gasteiger partial charge in [0.2, 0.25) is 0 Å². The fourth-order valence-electron chi connectivity index (χ4n) is 3.67. The maximum absolute atomic E-state index is 13.0. The van der Waals surface area contributed by atoms with Gasteiger partial charge in [0.1, 0.15) is 11.3 Å². The Morgan fingerprint density at radius 1 is 1.29 bits per heavy atom. The normalized spacial score (nSPS) is 20.2. The van der Waals surface area contributed by atoms with Gasteiger partial charge in [0.25, 0.3) is 11.5 Å². The van der Waals surface area contributed by atoms with E-state index in [4.69, 9.17) is 16.3 Å². The van der Waals surface area contributed by atoms with Crippen molar-refractivity contribution in [3.05, 3.63) is 61.4 Å². The van der Waals surface area contributed by atoms with Crippen molar-refractivity contribution < 1.29 is 14.3 Å². The second-order valence-corrected chi connectivity index (χ2v) is 8.99. The third-order valence-electron chi connectivity index (χ3n) is 4.67. The molecule has 28 heavy (non-hydrogen) atoms. The molecule has 0 saturated heterocycles. The van der Waals surface area contributed by atoms with E-state index in [1.54, 1.807) is 45.0 Å². The number of nitrogens with zero attached hydrogens (tertiary/aromatic N) is 2. The number of para-hydroxylation sites is 1. The minimum atomic E-state index is -1.26. The van der Waals surface area contributed by atoms with E-state index in [-0.39, 0.29) is 21.7 Å². The Morgan fingerprint density at radius 2 is 1.96 bits per heavy atom. The molecule has 0 aliphatic carbocycles. The van der Waals surface area contributed by atoms with Gasteiger partial charge >= 0.3 is 6.09 Å². The monoisotopic (exact) mass is 465 g/mol. The smallest absolute Gasteiger partial charge is 0.414 e. The quantitative estimate of drug-likeness (QED) is 0.645. The van der Waals surface area contributed by atoms with E-state index in [0.29, 0.717) is 11.3 Å². The third kappa shape index (κ3) is 2.66. The number of hydrogen-bond acceptors (Lipinski definition) is 4. The van der Waals surface area contributed by atoms with Crippen molar-refractivity contribution in [1.82, 2.24) is 9.88 Å². The fraction of sp³-hybridized carbons (Fsp3) is 0.316. The number of halogens is 2. The number of fused-ring (bicyclic) bond motifs is 4. The van der Waals surface area contributed by atoms with Gasteiger partial charge in [0.15, 0.2) is 5.66 Å². The number of anilines is 1. The maximum Gasteiger partial charge on any atom is 0.414 e.